The summed E-state index contributed by atoms with van der Waals surface area (Å²) < 4.78 is 10.1. The maximum atomic E-state index is 8.59. The molecule has 0 bridgehead atoms. The Morgan fingerprint density at radius 3 is 1.74 bits per heavy atom. The van der Waals surface area contributed by atoms with E-state index in [9.17, 15) is 0 Å². The fourth-order valence-corrected chi connectivity index (χ4v) is 3.89. The molecule has 0 spiro atoms. The molecule has 0 amide bonds. The molecule has 12 heteroatoms. The maximum Gasteiger partial charge on any atom is 0.226 e. The van der Waals surface area contributed by atoms with Gasteiger partial charge in [-0.2, -0.15) is 0 Å². The van der Waals surface area contributed by atoms with Crippen LogP contribution in [0.2, 0.25) is 0 Å². The molecule has 4 heterocycles. The third-order valence-corrected chi connectivity index (χ3v) is 7.33. The molecule has 2 aromatic rings. The minimum absolute atomic E-state index is 0.101. The summed E-state index contributed by atoms with van der Waals surface area (Å²) in [5, 5.41) is 0. The van der Waals surface area contributed by atoms with Crippen LogP contribution in [0.3, 0.4) is 0 Å². The van der Waals surface area contributed by atoms with E-state index in [-0.39, 0.29) is 12.2 Å². The van der Waals surface area contributed by atoms with Crippen molar-refractivity contribution in [3.63, 3.8) is 0 Å². The van der Waals surface area contributed by atoms with E-state index in [2.05, 4.69) is 38.0 Å². The predicted octanol–water partition coefficient (Wildman–Crippen LogP) is 4.77. The molecule has 2 aliphatic carbocycles. The molecule has 10 nitrogen and oxygen atoms in total. The molecule has 0 radical (unpaired) electrons. The van der Waals surface area contributed by atoms with Gasteiger partial charge in [0.05, 0.1) is 17.9 Å². The summed E-state index contributed by atoms with van der Waals surface area (Å²) in [6.07, 6.45) is 18.9. The number of aromatic nitrogens is 4. The highest BCUT2D eigenvalue weighted by Crippen LogP contribution is 2.24. The SMILES string of the molecule is C1CCC1.C1CCC1.C=Cc1ccnc(N2CC(OPO)C2)n1.C=Cc1nccc(N2CC(OPO)C2)n1. The Morgan fingerprint density at radius 1 is 0.737 bits per heavy atom. The molecule has 6 rings (SSSR count). The van der Waals surface area contributed by atoms with E-state index >= 15 is 0 Å². The van der Waals surface area contributed by atoms with Gasteiger partial charge < -0.3 is 28.6 Å². The quantitative estimate of drug-likeness (QED) is 0.436. The Hall–Kier alpha value is -2.06. The van der Waals surface area contributed by atoms with Crippen molar-refractivity contribution >= 4 is 42.0 Å². The Balaban J connectivity index is 0.000000163. The second kappa shape index (κ2) is 17.5. The van der Waals surface area contributed by atoms with E-state index in [1.165, 1.54) is 51.4 Å². The summed E-state index contributed by atoms with van der Waals surface area (Å²) in [6, 6.07) is 3.66. The fourth-order valence-electron chi connectivity index (χ4n) is 3.29. The first-order valence-electron chi connectivity index (χ1n) is 13.2. The van der Waals surface area contributed by atoms with Gasteiger partial charge in [0.1, 0.15) is 5.82 Å². The zero-order valence-corrected chi connectivity index (χ0v) is 23.9. The number of rotatable bonds is 8. The standard InChI is InChI=1S/2C9H12N3O2P.2C4H8/c1-2-8-10-4-3-9(11-8)12-5-7(6-12)14-15-13;1-2-7-3-4-10-9(11-7)12-5-8(6-12)14-15-13;2*1-2-4-3-1/h2-4,7,13,15H,1,5-6H2;2-4,8,13,15H,1,5-6H2;2*1-4H2. The molecule has 2 N–H and O–H groups in total. The first-order chi connectivity index (χ1) is 18.7. The van der Waals surface area contributed by atoms with Gasteiger partial charge in [-0.05, 0) is 24.3 Å². The molecule has 2 aromatic heterocycles. The normalized spacial score (nSPS) is 18.5. The Bertz CT molecular complexity index is 883. The molecule has 208 valence electrons. The van der Waals surface area contributed by atoms with Crippen molar-refractivity contribution in [1.29, 1.82) is 0 Å². The molecular weight excluding hydrogens is 522 g/mol. The topological polar surface area (TPSA) is 117 Å². The van der Waals surface area contributed by atoms with Crippen molar-refractivity contribution in [2.75, 3.05) is 36.0 Å². The lowest BCUT2D eigenvalue weighted by Gasteiger charge is -2.38. The fraction of sp³-hybridized carbons (Fsp3) is 0.538. The monoisotopic (exact) mass is 562 g/mol. The van der Waals surface area contributed by atoms with Gasteiger partial charge >= 0.3 is 0 Å². The van der Waals surface area contributed by atoms with E-state index in [1.54, 1.807) is 30.6 Å². The van der Waals surface area contributed by atoms with Crippen LogP contribution in [0, 0.1) is 0 Å². The van der Waals surface area contributed by atoms with Crippen molar-refractivity contribution in [3.05, 3.63) is 49.2 Å². The molecule has 2 saturated carbocycles. The average molecular weight is 563 g/mol. The smallest absolute Gasteiger partial charge is 0.226 e. The summed E-state index contributed by atoms with van der Waals surface area (Å²) in [5.41, 5.74) is 0.813. The van der Waals surface area contributed by atoms with Crippen LogP contribution in [0.25, 0.3) is 12.2 Å². The van der Waals surface area contributed by atoms with Crippen LogP contribution in [0.15, 0.2) is 37.7 Å². The van der Waals surface area contributed by atoms with E-state index in [0.29, 0.717) is 11.8 Å². The lowest BCUT2D eigenvalue weighted by atomic mass is 10.0. The van der Waals surface area contributed by atoms with Crippen molar-refractivity contribution in [2.24, 2.45) is 0 Å². The van der Waals surface area contributed by atoms with Crippen LogP contribution >= 0.6 is 18.1 Å². The van der Waals surface area contributed by atoms with Crippen molar-refractivity contribution in [1.82, 2.24) is 19.9 Å². The van der Waals surface area contributed by atoms with Crippen LogP contribution in [-0.4, -0.2) is 68.1 Å². The van der Waals surface area contributed by atoms with Crippen LogP contribution in [0.1, 0.15) is 62.9 Å². The highest BCUT2D eigenvalue weighted by atomic mass is 31.1. The molecule has 0 aromatic carbocycles. The second-order valence-electron chi connectivity index (χ2n) is 9.26. The minimum atomic E-state index is -0.442. The van der Waals surface area contributed by atoms with E-state index < -0.39 is 18.1 Å². The third-order valence-electron chi connectivity index (χ3n) is 6.46. The zero-order chi connectivity index (χ0) is 27.0. The van der Waals surface area contributed by atoms with Crippen molar-refractivity contribution < 1.29 is 18.8 Å². The van der Waals surface area contributed by atoms with Crippen LogP contribution in [0.4, 0.5) is 11.8 Å². The Morgan fingerprint density at radius 2 is 1.26 bits per heavy atom. The molecule has 38 heavy (non-hydrogen) atoms. The van der Waals surface area contributed by atoms with Gasteiger partial charge in [0.15, 0.2) is 23.9 Å². The predicted molar refractivity (Wildman–Crippen MR) is 156 cm³/mol. The lowest BCUT2D eigenvalue weighted by molar-refractivity contribution is 0.176. The molecule has 2 aliphatic heterocycles. The van der Waals surface area contributed by atoms with Gasteiger partial charge in [-0.25, -0.2) is 19.9 Å². The summed E-state index contributed by atoms with van der Waals surface area (Å²) in [4.78, 5) is 38.0. The number of hydrogen-bond acceptors (Lipinski definition) is 10. The summed E-state index contributed by atoms with van der Waals surface area (Å²) in [5.74, 6) is 2.19. The largest absolute Gasteiger partial charge is 0.352 e. The number of hydrogen-bond donors (Lipinski definition) is 2. The van der Waals surface area contributed by atoms with Gasteiger partial charge in [0.25, 0.3) is 0 Å². The van der Waals surface area contributed by atoms with Crippen molar-refractivity contribution in [2.45, 2.75) is 63.6 Å². The minimum Gasteiger partial charge on any atom is -0.352 e. The molecule has 4 aliphatic rings. The third kappa shape index (κ3) is 10.3. The Kier molecular flexibility index (Phi) is 14.0. The zero-order valence-electron chi connectivity index (χ0n) is 21.9. The van der Waals surface area contributed by atoms with E-state index in [1.807, 2.05) is 11.0 Å². The van der Waals surface area contributed by atoms with Gasteiger partial charge in [0, 0.05) is 38.6 Å². The highest BCUT2D eigenvalue weighted by Gasteiger charge is 2.29. The highest BCUT2D eigenvalue weighted by molar-refractivity contribution is 7.25. The number of anilines is 2. The first kappa shape index (κ1) is 30.5. The Labute approximate surface area is 229 Å². The van der Waals surface area contributed by atoms with Crippen molar-refractivity contribution in [3.8, 4) is 0 Å². The molecule has 2 atom stereocenters. The maximum absolute atomic E-state index is 8.59. The van der Waals surface area contributed by atoms with Crippen LogP contribution in [-0.2, 0) is 9.05 Å². The molecule has 2 saturated heterocycles. The van der Waals surface area contributed by atoms with E-state index in [4.69, 9.17) is 18.8 Å². The summed E-state index contributed by atoms with van der Waals surface area (Å²) in [6.45, 7) is 10.3. The summed E-state index contributed by atoms with van der Waals surface area (Å²) in [7, 11) is -0.877. The molecular formula is C26H40N6O4P2. The molecule has 4 fully saturated rings. The van der Waals surface area contributed by atoms with Crippen LogP contribution in [0.5, 0.6) is 0 Å². The first-order valence-corrected chi connectivity index (χ1v) is 14.9. The van der Waals surface area contributed by atoms with E-state index in [0.717, 1.165) is 37.7 Å². The number of nitrogens with zero attached hydrogens (tertiary/aromatic N) is 6. The molecule has 2 unspecified atom stereocenters. The summed E-state index contributed by atoms with van der Waals surface area (Å²) >= 11 is 0. The average Bonchev–Trinajstić information content (AvgIpc) is 2.81. The van der Waals surface area contributed by atoms with Gasteiger partial charge in [-0.3, -0.25) is 0 Å². The lowest BCUT2D eigenvalue weighted by Crippen LogP contribution is -2.52. The van der Waals surface area contributed by atoms with Crippen LogP contribution < -0.4 is 9.80 Å². The van der Waals surface area contributed by atoms with Gasteiger partial charge in [0.2, 0.25) is 5.95 Å². The second-order valence-corrected chi connectivity index (χ2v) is 10.1. The van der Waals surface area contributed by atoms with Gasteiger partial charge in [-0.1, -0.05) is 64.5 Å². The van der Waals surface area contributed by atoms with Gasteiger partial charge in [-0.15, -0.1) is 0 Å².